The number of benzene rings is 2. The highest BCUT2D eigenvalue weighted by Crippen LogP contribution is 2.15. The molecular formula is C21H22N2O3S. The number of amides is 1. The Kier molecular flexibility index (Phi) is 8.40. The topological polar surface area (TPSA) is 79.2 Å². The summed E-state index contributed by atoms with van der Waals surface area (Å²) in [5, 5.41) is 11.9. The second-order valence-corrected chi connectivity index (χ2v) is 6.87. The van der Waals surface area contributed by atoms with Gasteiger partial charge in [0, 0.05) is 30.0 Å². The Balaban J connectivity index is 1.64. The summed E-state index contributed by atoms with van der Waals surface area (Å²) in [6.07, 6.45) is 0.461. The number of nitrogens with one attached hydrogen (secondary N) is 1. The van der Waals surface area contributed by atoms with E-state index in [1.807, 2.05) is 25.1 Å². The number of hydrogen-bond acceptors (Lipinski definition) is 5. The molecule has 6 heteroatoms. The average molecular weight is 382 g/mol. The van der Waals surface area contributed by atoms with E-state index in [2.05, 4.69) is 11.4 Å². The van der Waals surface area contributed by atoms with Crippen molar-refractivity contribution in [3.05, 3.63) is 65.2 Å². The number of hydrogen-bond donors (Lipinski definition) is 1. The number of nitriles is 1. The highest BCUT2D eigenvalue weighted by molar-refractivity contribution is 7.98. The fourth-order valence-corrected chi connectivity index (χ4v) is 3.20. The van der Waals surface area contributed by atoms with Crippen molar-refractivity contribution in [3.8, 4) is 11.8 Å². The zero-order chi connectivity index (χ0) is 19.5. The normalized spacial score (nSPS) is 10.1. The van der Waals surface area contributed by atoms with Crippen LogP contribution in [0.2, 0.25) is 0 Å². The van der Waals surface area contributed by atoms with Gasteiger partial charge in [0.15, 0.2) is 12.4 Å². The van der Waals surface area contributed by atoms with Gasteiger partial charge in [0.05, 0.1) is 11.6 Å². The average Bonchev–Trinajstić information content (AvgIpc) is 2.72. The van der Waals surface area contributed by atoms with Gasteiger partial charge in [-0.15, -0.1) is 0 Å². The van der Waals surface area contributed by atoms with Gasteiger partial charge in [-0.3, -0.25) is 9.59 Å². The lowest BCUT2D eigenvalue weighted by atomic mass is 10.1. The maximum Gasteiger partial charge on any atom is 0.257 e. The van der Waals surface area contributed by atoms with E-state index < -0.39 is 0 Å². The standard InChI is InChI=1S/C21H22N2O3S/c1-2-20(24)16-7-9-19(10-8-16)26-14-21(25)23-11-12-27-15-18-6-4-3-5-17(18)13-22/h3-10H,2,11-12,14-15H2,1H3,(H,23,25). The van der Waals surface area contributed by atoms with Crippen molar-refractivity contribution >= 4 is 23.5 Å². The summed E-state index contributed by atoms with van der Waals surface area (Å²) in [6.45, 7) is 2.28. The molecule has 1 N–H and O–H groups in total. The Morgan fingerprint density at radius 2 is 1.89 bits per heavy atom. The molecule has 5 nitrogen and oxygen atoms in total. The monoisotopic (exact) mass is 382 g/mol. The molecule has 27 heavy (non-hydrogen) atoms. The van der Waals surface area contributed by atoms with E-state index in [9.17, 15) is 9.59 Å². The van der Waals surface area contributed by atoms with Crippen LogP contribution in [0.5, 0.6) is 5.75 Å². The fraction of sp³-hybridized carbons (Fsp3) is 0.286. The lowest BCUT2D eigenvalue weighted by molar-refractivity contribution is -0.122. The van der Waals surface area contributed by atoms with Crippen LogP contribution in [-0.4, -0.2) is 30.6 Å². The molecule has 0 bridgehead atoms. The molecule has 0 saturated carbocycles. The van der Waals surface area contributed by atoms with Crippen LogP contribution in [0.1, 0.15) is 34.8 Å². The largest absolute Gasteiger partial charge is 0.484 e. The Morgan fingerprint density at radius 1 is 1.15 bits per heavy atom. The lowest BCUT2D eigenvalue weighted by Gasteiger charge is -2.08. The molecule has 0 aliphatic carbocycles. The Labute approximate surface area is 163 Å². The van der Waals surface area contributed by atoms with Crippen molar-refractivity contribution < 1.29 is 14.3 Å². The smallest absolute Gasteiger partial charge is 0.257 e. The highest BCUT2D eigenvalue weighted by Gasteiger charge is 2.06. The zero-order valence-electron chi connectivity index (χ0n) is 15.2. The number of thioether (sulfide) groups is 1. The zero-order valence-corrected chi connectivity index (χ0v) is 16.1. The number of ether oxygens (including phenoxy) is 1. The lowest BCUT2D eigenvalue weighted by Crippen LogP contribution is -2.30. The van der Waals surface area contributed by atoms with Crippen LogP contribution in [0.3, 0.4) is 0 Å². The van der Waals surface area contributed by atoms with E-state index in [4.69, 9.17) is 10.00 Å². The van der Waals surface area contributed by atoms with Gasteiger partial charge in [-0.25, -0.2) is 0 Å². The number of nitrogens with zero attached hydrogens (tertiary/aromatic N) is 1. The van der Waals surface area contributed by atoms with Gasteiger partial charge in [-0.1, -0.05) is 25.1 Å². The molecular weight excluding hydrogens is 360 g/mol. The molecule has 0 aliphatic rings. The Bertz CT molecular complexity index is 813. The third-order valence-electron chi connectivity index (χ3n) is 3.83. The second kappa shape index (κ2) is 11.0. The van der Waals surface area contributed by atoms with Crippen LogP contribution >= 0.6 is 11.8 Å². The number of ketones is 1. The predicted octanol–water partition coefficient (Wildman–Crippen LogP) is 3.58. The van der Waals surface area contributed by atoms with Crippen molar-refractivity contribution in [2.24, 2.45) is 0 Å². The van der Waals surface area contributed by atoms with Crippen LogP contribution in [0.25, 0.3) is 0 Å². The number of carbonyl (C=O) groups is 2. The van der Waals surface area contributed by atoms with Crippen molar-refractivity contribution in [1.29, 1.82) is 5.26 Å². The first-order valence-corrected chi connectivity index (χ1v) is 9.88. The molecule has 0 heterocycles. The summed E-state index contributed by atoms with van der Waals surface area (Å²) >= 11 is 1.66. The second-order valence-electron chi connectivity index (χ2n) is 5.76. The van der Waals surface area contributed by atoms with Crippen molar-refractivity contribution in [1.82, 2.24) is 5.32 Å². The molecule has 1 amide bonds. The fourth-order valence-electron chi connectivity index (χ4n) is 2.34. The maximum atomic E-state index is 11.8. The van der Waals surface area contributed by atoms with Crippen LogP contribution in [0.4, 0.5) is 0 Å². The van der Waals surface area contributed by atoms with E-state index >= 15 is 0 Å². The number of Topliss-reactive ketones (excluding diaryl/α,β-unsaturated/α-hetero) is 1. The molecule has 0 radical (unpaired) electrons. The summed E-state index contributed by atoms with van der Waals surface area (Å²) in [5.41, 5.74) is 2.34. The summed E-state index contributed by atoms with van der Waals surface area (Å²) in [4.78, 5) is 23.4. The summed E-state index contributed by atoms with van der Waals surface area (Å²) in [5.74, 6) is 1.93. The van der Waals surface area contributed by atoms with E-state index in [-0.39, 0.29) is 18.3 Å². The highest BCUT2D eigenvalue weighted by atomic mass is 32.2. The van der Waals surface area contributed by atoms with E-state index in [1.165, 1.54) is 0 Å². The van der Waals surface area contributed by atoms with Gasteiger partial charge < -0.3 is 10.1 Å². The van der Waals surface area contributed by atoms with Crippen molar-refractivity contribution in [3.63, 3.8) is 0 Å². The summed E-state index contributed by atoms with van der Waals surface area (Å²) in [7, 11) is 0. The maximum absolute atomic E-state index is 11.8. The molecule has 0 spiro atoms. The number of rotatable bonds is 10. The van der Waals surface area contributed by atoms with Crippen LogP contribution in [0.15, 0.2) is 48.5 Å². The molecule has 0 fully saturated rings. The predicted molar refractivity (Wildman–Crippen MR) is 107 cm³/mol. The van der Waals surface area contributed by atoms with E-state index in [0.717, 1.165) is 17.1 Å². The van der Waals surface area contributed by atoms with Crippen molar-refractivity contribution in [2.45, 2.75) is 19.1 Å². The third kappa shape index (κ3) is 6.80. The van der Waals surface area contributed by atoms with Crippen LogP contribution < -0.4 is 10.1 Å². The molecule has 2 rings (SSSR count). The van der Waals surface area contributed by atoms with Gasteiger partial charge >= 0.3 is 0 Å². The molecule has 0 aromatic heterocycles. The van der Waals surface area contributed by atoms with Crippen LogP contribution in [0, 0.1) is 11.3 Å². The van der Waals surface area contributed by atoms with Crippen LogP contribution in [-0.2, 0) is 10.5 Å². The SMILES string of the molecule is CCC(=O)c1ccc(OCC(=O)NCCSCc2ccccc2C#N)cc1. The van der Waals surface area contributed by atoms with Gasteiger partial charge in [-0.2, -0.15) is 17.0 Å². The van der Waals surface area contributed by atoms with Gasteiger partial charge in [0.1, 0.15) is 5.75 Å². The van der Waals surface area contributed by atoms with E-state index in [0.29, 0.717) is 29.8 Å². The molecule has 140 valence electrons. The first-order valence-electron chi connectivity index (χ1n) is 8.72. The summed E-state index contributed by atoms with van der Waals surface area (Å²) in [6, 6.07) is 16.5. The van der Waals surface area contributed by atoms with Gasteiger partial charge in [-0.05, 0) is 35.9 Å². The molecule has 0 unspecified atom stereocenters. The number of carbonyl (C=O) groups excluding carboxylic acids is 2. The minimum Gasteiger partial charge on any atom is -0.484 e. The minimum atomic E-state index is -0.193. The molecule has 2 aromatic carbocycles. The van der Waals surface area contributed by atoms with Crippen molar-refractivity contribution in [2.75, 3.05) is 18.9 Å². The first kappa shape index (κ1) is 20.5. The Morgan fingerprint density at radius 3 is 2.59 bits per heavy atom. The summed E-state index contributed by atoms with van der Waals surface area (Å²) < 4.78 is 5.43. The third-order valence-corrected chi connectivity index (χ3v) is 4.84. The first-order chi connectivity index (χ1) is 13.1. The van der Waals surface area contributed by atoms with E-state index in [1.54, 1.807) is 42.1 Å². The molecule has 2 aromatic rings. The van der Waals surface area contributed by atoms with Gasteiger partial charge in [0.2, 0.25) is 0 Å². The molecule has 0 atom stereocenters. The van der Waals surface area contributed by atoms with Gasteiger partial charge in [0.25, 0.3) is 5.91 Å². The molecule has 0 aliphatic heterocycles. The molecule has 0 saturated heterocycles. The minimum absolute atomic E-state index is 0.0665. The quantitative estimate of drug-likeness (QED) is 0.502. The Hall–Kier alpha value is -2.78.